The molecule has 124 valence electrons. The molecule has 0 spiro atoms. The summed E-state index contributed by atoms with van der Waals surface area (Å²) in [5.74, 6) is -6.32. The Balaban J connectivity index is 3.33. The molecule has 1 aliphatic heterocycles. The van der Waals surface area contributed by atoms with Gasteiger partial charge < -0.3 is 19.5 Å². The first-order valence-corrected chi connectivity index (χ1v) is 6.71. The highest BCUT2D eigenvalue weighted by molar-refractivity contribution is 5.93. The number of carbonyl (C=O) groups excluding carboxylic acids is 4. The van der Waals surface area contributed by atoms with Gasteiger partial charge in [0.1, 0.15) is 0 Å². The third kappa shape index (κ3) is 4.29. The van der Waals surface area contributed by atoms with E-state index >= 15 is 0 Å². The van der Waals surface area contributed by atoms with Gasteiger partial charge in [-0.2, -0.15) is 0 Å². The first kappa shape index (κ1) is 18.1. The molecule has 1 rings (SSSR count). The lowest BCUT2D eigenvalue weighted by Gasteiger charge is -2.34. The molecule has 23 heavy (non-hydrogen) atoms. The lowest BCUT2D eigenvalue weighted by Crippen LogP contribution is -2.59. The molecule has 8 nitrogen and oxygen atoms in total. The summed E-state index contributed by atoms with van der Waals surface area (Å²) in [6, 6.07) is 0. The maximum absolute atomic E-state index is 12.4. The first-order chi connectivity index (χ1) is 10.9. The van der Waals surface area contributed by atoms with Gasteiger partial charge in [0, 0.05) is 24.8 Å². The minimum absolute atomic E-state index is 0.104. The quantitative estimate of drug-likeness (QED) is 0.421. The summed E-state index contributed by atoms with van der Waals surface area (Å²) in [4.78, 5) is 47.1. The highest BCUT2D eigenvalue weighted by atomic mass is 16.8. The molecule has 1 unspecified atom stereocenters. The Bertz CT molecular complexity index is 530. The van der Waals surface area contributed by atoms with Crippen molar-refractivity contribution in [2.75, 3.05) is 6.54 Å². The highest BCUT2D eigenvalue weighted by Crippen LogP contribution is 2.28. The van der Waals surface area contributed by atoms with Gasteiger partial charge in [-0.3, -0.25) is 4.79 Å². The summed E-state index contributed by atoms with van der Waals surface area (Å²) in [5, 5.41) is 2.44. The second kappa shape index (κ2) is 7.92. The summed E-state index contributed by atoms with van der Waals surface area (Å²) in [6.07, 6.45) is 1.61. The molecule has 1 atom stereocenters. The third-order valence-electron chi connectivity index (χ3n) is 2.93. The molecule has 1 amide bonds. The number of carbonyl (C=O) groups is 4. The Morgan fingerprint density at radius 1 is 1.04 bits per heavy atom. The van der Waals surface area contributed by atoms with E-state index in [0.717, 1.165) is 18.2 Å². The van der Waals surface area contributed by atoms with Gasteiger partial charge in [-0.15, -0.1) is 0 Å². The van der Waals surface area contributed by atoms with Gasteiger partial charge in [-0.1, -0.05) is 19.7 Å². The molecule has 0 aromatic heterocycles. The standard InChI is InChI=1S/C15H17NO7/c1-4-11(17)21-10-8-7-9-16-14(20)15(10,22-12(18)5-2)23-13(19)6-3/h4-6,10H,1-3,7-9H2,(H,16,20). The fourth-order valence-corrected chi connectivity index (χ4v) is 1.90. The van der Waals surface area contributed by atoms with Crippen molar-refractivity contribution in [3.63, 3.8) is 0 Å². The lowest BCUT2D eigenvalue weighted by molar-refractivity contribution is -0.251. The van der Waals surface area contributed by atoms with Crippen LogP contribution in [-0.4, -0.2) is 42.3 Å². The lowest BCUT2D eigenvalue weighted by atomic mass is 10.1. The van der Waals surface area contributed by atoms with Crippen molar-refractivity contribution >= 4 is 23.8 Å². The SMILES string of the molecule is C=CC(=O)OC1CCCNC(=O)C1(OC(=O)C=C)OC(=O)C=C. The van der Waals surface area contributed by atoms with E-state index in [-0.39, 0.29) is 13.0 Å². The number of amides is 1. The molecule has 1 saturated heterocycles. The predicted molar refractivity (Wildman–Crippen MR) is 77.6 cm³/mol. The van der Waals surface area contributed by atoms with Crippen LogP contribution >= 0.6 is 0 Å². The fourth-order valence-electron chi connectivity index (χ4n) is 1.90. The van der Waals surface area contributed by atoms with Crippen LogP contribution in [0.2, 0.25) is 0 Å². The average molecular weight is 323 g/mol. The van der Waals surface area contributed by atoms with Crippen LogP contribution < -0.4 is 5.32 Å². The molecular weight excluding hydrogens is 306 g/mol. The van der Waals surface area contributed by atoms with Gasteiger partial charge in [0.2, 0.25) is 0 Å². The molecule has 0 aromatic rings. The molecule has 0 bridgehead atoms. The molecule has 1 aliphatic rings. The van der Waals surface area contributed by atoms with Crippen LogP contribution in [0.25, 0.3) is 0 Å². The summed E-state index contributed by atoms with van der Waals surface area (Å²) in [6.45, 7) is 9.90. The molecule has 0 radical (unpaired) electrons. The van der Waals surface area contributed by atoms with Gasteiger partial charge >= 0.3 is 29.6 Å². The Hall–Kier alpha value is -2.90. The fraction of sp³-hybridized carbons (Fsp3) is 0.333. The molecule has 0 aliphatic carbocycles. The molecular formula is C15H17NO7. The zero-order chi connectivity index (χ0) is 17.5. The topological polar surface area (TPSA) is 108 Å². The Labute approximate surface area is 132 Å². The van der Waals surface area contributed by atoms with Gasteiger partial charge in [0.25, 0.3) is 0 Å². The normalized spacial score (nSPS) is 19.3. The van der Waals surface area contributed by atoms with Crippen LogP contribution in [0.3, 0.4) is 0 Å². The van der Waals surface area contributed by atoms with Crippen molar-refractivity contribution < 1.29 is 33.4 Å². The number of ether oxygens (including phenoxy) is 3. The van der Waals surface area contributed by atoms with Gasteiger partial charge in [-0.05, 0) is 12.8 Å². The van der Waals surface area contributed by atoms with E-state index in [1.165, 1.54) is 0 Å². The van der Waals surface area contributed by atoms with E-state index < -0.39 is 35.7 Å². The van der Waals surface area contributed by atoms with Crippen molar-refractivity contribution in [3.8, 4) is 0 Å². The largest absolute Gasteiger partial charge is 0.450 e. The summed E-state index contributed by atoms with van der Waals surface area (Å²) in [7, 11) is 0. The Morgan fingerprint density at radius 2 is 1.57 bits per heavy atom. The zero-order valence-corrected chi connectivity index (χ0v) is 12.4. The van der Waals surface area contributed by atoms with Crippen LogP contribution in [0.4, 0.5) is 0 Å². The third-order valence-corrected chi connectivity index (χ3v) is 2.93. The Morgan fingerprint density at radius 3 is 2.04 bits per heavy atom. The molecule has 0 saturated carbocycles. The van der Waals surface area contributed by atoms with Crippen molar-refractivity contribution in [1.29, 1.82) is 0 Å². The molecule has 1 N–H and O–H groups in total. The van der Waals surface area contributed by atoms with E-state index in [1.54, 1.807) is 0 Å². The molecule has 1 fully saturated rings. The van der Waals surface area contributed by atoms with E-state index in [1.807, 2.05) is 0 Å². The monoisotopic (exact) mass is 323 g/mol. The number of hydrogen-bond acceptors (Lipinski definition) is 7. The minimum Gasteiger partial charge on any atom is -0.450 e. The van der Waals surface area contributed by atoms with Gasteiger partial charge in [-0.25, -0.2) is 14.4 Å². The summed E-state index contributed by atoms with van der Waals surface area (Å²) < 4.78 is 15.0. The molecule has 1 heterocycles. The maximum Gasteiger partial charge on any atom is 0.374 e. The zero-order valence-electron chi connectivity index (χ0n) is 12.4. The van der Waals surface area contributed by atoms with Crippen molar-refractivity contribution in [2.45, 2.75) is 24.7 Å². The second-order valence-electron chi connectivity index (χ2n) is 4.45. The number of nitrogens with one attached hydrogen (secondary N) is 1. The van der Waals surface area contributed by atoms with Crippen LogP contribution in [0, 0.1) is 0 Å². The van der Waals surface area contributed by atoms with Crippen molar-refractivity contribution in [3.05, 3.63) is 38.0 Å². The second-order valence-corrected chi connectivity index (χ2v) is 4.45. The minimum atomic E-state index is -2.47. The highest BCUT2D eigenvalue weighted by Gasteiger charge is 2.56. The first-order valence-electron chi connectivity index (χ1n) is 6.71. The number of rotatable bonds is 6. The predicted octanol–water partition coefficient (Wildman–Crippen LogP) is 0.149. The van der Waals surface area contributed by atoms with E-state index in [4.69, 9.17) is 14.2 Å². The van der Waals surface area contributed by atoms with Crippen LogP contribution in [0.1, 0.15) is 12.8 Å². The summed E-state index contributed by atoms with van der Waals surface area (Å²) in [5.41, 5.74) is 0. The van der Waals surface area contributed by atoms with Crippen LogP contribution in [-0.2, 0) is 33.4 Å². The van der Waals surface area contributed by atoms with Gasteiger partial charge in [0.05, 0.1) is 0 Å². The average Bonchev–Trinajstić information content (AvgIpc) is 2.68. The maximum atomic E-state index is 12.4. The number of hydrogen-bond donors (Lipinski definition) is 1. The van der Waals surface area contributed by atoms with Gasteiger partial charge in [0.15, 0.2) is 6.10 Å². The van der Waals surface area contributed by atoms with Crippen molar-refractivity contribution in [2.24, 2.45) is 0 Å². The van der Waals surface area contributed by atoms with Crippen molar-refractivity contribution in [1.82, 2.24) is 5.32 Å². The smallest absolute Gasteiger partial charge is 0.374 e. The molecule has 8 heteroatoms. The summed E-state index contributed by atoms with van der Waals surface area (Å²) >= 11 is 0. The number of esters is 3. The Kier molecular flexibility index (Phi) is 6.25. The molecule has 0 aromatic carbocycles. The van der Waals surface area contributed by atoms with E-state index in [0.29, 0.717) is 6.42 Å². The van der Waals surface area contributed by atoms with Crippen LogP contribution in [0.15, 0.2) is 38.0 Å². The van der Waals surface area contributed by atoms with E-state index in [2.05, 4.69) is 25.1 Å². The van der Waals surface area contributed by atoms with Crippen LogP contribution in [0.5, 0.6) is 0 Å². The van der Waals surface area contributed by atoms with E-state index in [9.17, 15) is 19.2 Å².